The summed E-state index contributed by atoms with van der Waals surface area (Å²) in [6, 6.07) is 14.1. The van der Waals surface area contributed by atoms with E-state index in [2.05, 4.69) is 15.3 Å². The molecule has 1 amide bonds. The van der Waals surface area contributed by atoms with Crippen molar-refractivity contribution in [3.8, 4) is 0 Å². The number of para-hydroxylation sites is 2. The third-order valence-electron chi connectivity index (χ3n) is 4.21. The molecular weight excluding hydrogens is 350 g/mol. The Morgan fingerprint density at radius 1 is 1.15 bits per heavy atom. The minimum Gasteiger partial charge on any atom is -0.350 e. The maximum absolute atomic E-state index is 12.2. The predicted octanol–water partition coefficient (Wildman–Crippen LogP) is 2.78. The molecule has 1 heterocycles. The third-order valence-corrected chi connectivity index (χ3v) is 5.34. The summed E-state index contributed by atoms with van der Waals surface area (Å²) in [5.74, 6) is 0.705. The normalized spacial score (nSPS) is 12.8. The van der Waals surface area contributed by atoms with Gasteiger partial charge < -0.3 is 10.3 Å². The molecule has 6 nitrogen and oxygen atoms in total. The molecule has 2 N–H and O–H groups in total. The summed E-state index contributed by atoms with van der Waals surface area (Å²) < 4.78 is 23.0. The average Bonchev–Trinajstić information content (AvgIpc) is 3.02. The molecule has 136 valence electrons. The number of carbonyl (C=O) groups is 1. The van der Waals surface area contributed by atoms with Gasteiger partial charge in [-0.05, 0) is 36.8 Å². The molecular formula is C19H21N3O3S. The molecule has 0 aliphatic heterocycles. The molecule has 7 heteroatoms. The lowest BCUT2D eigenvalue weighted by Gasteiger charge is -2.14. The van der Waals surface area contributed by atoms with Gasteiger partial charge in [0.05, 0.1) is 22.0 Å². The highest BCUT2D eigenvalue weighted by Gasteiger charge is 2.12. The van der Waals surface area contributed by atoms with Crippen LogP contribution in [0.15, 0.2) is 53.4 Å². The number of sulfone groups is 1. The summed E-state index contributed by atoms with van der Waals surface area (Å²) in [5, 5.41) is 2.93. The largest absolute Gasteiger partial charge is 0.350 e. The molecule has 1 atom stereocenters. The van der Waals surface area contributed by atoms with E-state index in [9.17, 15) is 13.2 Å². The topological polar surface area (TPSA) is 91.9 Å². The first kappa shape index (κ1) is 18.1. The van der Waals surface area contributed by atoms with Crippen molar-refractivity contribution in [2.45, 2.75) is 30.7 Å². The van der Waals surface area contributed by atoms with E-state index < -0.39 is 9.84 Å². The third kappa shape index (κ3) is 4.29. The van der Waals surface area contributed by atoms with E-state index >= 15 is 0 Å². The number of benzene rings is 2. The second kappa shape index (κ2) is 7.29. The number of nitrogens with one attached hydrogen (secondary N) is 2. The van der Waals surface area contributed by atoms with Gasteiger partial charge in [0.2, 0.25) is 5.91 Å². The van der Waals surface area contributed by atoms with Crippen molar-refractivity contribution in [1.82, 2.24) is 15.3 Å². The van der Waals surface area contributed by atoms with E-state index in [-0.39, 0.29) is 16.8 Å². The lowest BCUT2D eigenvalue weighted by atomic mass is 10.1. The van der Waals surface area contributed by atoms with E-state index in [1.54, 1.807) is 24.3 Å². The van der Waals surface area contributed by atoms with Crippen LogP contribution in [0.25, 0.3) is 11.0 Å². The molecule has 0 saturated heterocycles. The maximum atomic E-state index is 12.2. The molecule has 26 heavy (non-hydrogen) atoms. The molecule has 1 aromatic heterocycles. The number of aromatic amines is 1. The monoisotopic (exact) mass is 371 g/mol. The fraction of sp³-hybridized carbons (Fsp3) is 0.263. The quantitative estimate of drug-likeness (QED) is 0.697. The molecule has 0 fully saturated rings. The summed E-state index contributed by atoms with van der Waals surface area (Å²) in [4.78, 5) is 20.1. The Morgan fingerprint density at radius 3 is 2.50 bits per heavy atom. The zero-order chi connectivity index (χ0) is 18.7. The number of H-pyrrole nitrogens is 1. The Bertz CT molecular complexity index is 991. The second-order valence-corrected chi connectivity index (χ2v) is 8.35. The van der Waals surface area contributed by atoms with Crippen LogP contribution < -0.4 is 5.32 Å². The number of aryl methyl sites for hydroxylation is 1. The molecule has 0 unspecified atom stereocenters. The lowest BCUT2D eigenvalue weighted by Crippen LogP contribution is -2.26. The van der Waals surface area contributed by atoms with Crippen LogP contribution in [0.4, 0.5) is 0 Å². The maximum Gasteiger partial charge on any atom is 0.220 e. The van der Waals surface area contributed by atoms with Gasteiger partial charge in [0.1, 0.15) is 5.82 Å². The Labute approximate surface area is 152 Å². The van der Waals surface area contributed by atoms with Crippen LogP contribution in [0, 0.1) is 0 Å². The molecule has 0 radical (unpaired) electrons. The number of nitrogens with zero attached hydrogens (tertiary/aromatic N) is 1. The SMILES string of the molecule is C[C@H](NC(=O)CCc1nc2ccccc2[nH]1)c1ccc(S(C)(=O)=O)cc1. The van der Waals surface area contributed by atoms with Crippen LogP contribution in [-0.4, -0.2) is 30.5 Å². The first-order valence-electron chi connectivity index (χ1n) is 8.36. The van der Waals surface area contributed by atoms with Gasteiger partial charge in [-0.25, -0.2) is 13.4 Å². The number of carbonyl (C=O) groups excluding carboxylic acids is 1. The highest BCUT2D eigenvalue weighted by molar-refractivity contribution is 7.90. The fourth-order valence-corrected chi connectivity index (χ4v) is 3.39. The molecule has 0 aliphatic carbocycles. The van der Waals surface area contributed by atoms with Crippen molar-refractivity contribution in [3.63, 3.8) is 0 Å². The van der Waals surface area contributed by atoms with Crippen molar-refractivity contribution < 1.29 is 13.2 Å². The lowest BCUT2D eigenvalue weighted by molar-refractivity contribution is -0.121. The first-order valence-corrected chi connectivity index (χ1v) is 10.2. The van der Waals surface area contributed by atoms with Gasteiger partial charge in [-0.2, -0.15) is 0 Å². The Kier molecular flexibility index (Phi) is 5.08. The van der Waals surface area contributed by atoms with E-state index in [4.69, 9.17) is 0 Å². The Hall–Kier alpha value is -2.67. The summed E-state index contributed by atoms with van der Waals surface area (Å²) in [7, 11) is -3.22. The number of fused-ring (bicyclic) bond motifs is 1. The molecule has 3 aromatic rings. The van der Waals surface area contributed by atoms with Crippen LogP contribution in [0.2, 0.25) is 0 Å². The summed E-state index contributed by atoms with van der Waals surface area (Å²) in [6.07, 6.45) is 2.02. The van der Waals surface area contributed by atoms with E-state index in [1.165, 1.54) is 6.26 Å². The number of rotatable bonds is 6. The number of amides is 1. The number of hydrogen-bond acceptors (Lipinski definition) is 4. The molecule has 2 aromatic carbocycles. The zero-order valence-electron chi connectivity index (χ0n) is 14.7. The first-order chi connectivity index (χ1) is 12.3. The van der Waals surface area contributed by atoms with Crippen LogP contribution in [0.1, 0.15) is 30.8 Å². The smallest absolute Gasteiger partial charge is 0.220 e. The van der Waals surface area contributed by atoms with E-state index in [0.717, 1.165) is 22.4 Å². The Morgan fingerprint density at radius 2 is 1.85 bits per heavy atom. The van der Waals surface area contributed by atoms with Gasteiger partial charge in [-0.1, -0.05) is 24.3 Å². The van der Waals surface area contributed by atoms with E-state index in [0.29, 0.717) is 12.8 Å². The van der Waals surface area contributed by atoms with Gasteiger partial charge in [0.25, 0.3) is 0 Å². The summed E-state index contributed by atoms with van der Waals surface area (Å²) in [6.45, 7) is 1.87. The minimum absolute atomic E-state index is 0.0786. The van der Waals surface area contributed by atoms with Crippen molar-refractivity contribution in [1.29, 1.82) is 0 Å². The van der Waals surface area contributed by atoms with Gasteiger partial charge in [0, 0.05) is 19.1 Å². The van der Waals surface area contributed by atoms with Gasteiger partial charge in [0.15, 0.2) is 9.84 Å². The molecule has 0 spiro atoms. The average molecular weight is 371 g/mol. The van der Waals surface area contributed by atoms with Crippen molar-refractivity contribution in [2.75, 3.05) is 6.26 Å². The second-order valence-electron chi connectivity index (χ2n) is 6.33. The standard InChI is InChI=1S/C19H21N3O3S/c1-13(14-7-9-15(10-8-14)26(2,24)25)20-19(23)12-11-18-21-16-5-3-4-6-17(16)22-18/h3-10,13H,11-12H2,1-2H3,(H,20,23)(H,21,22)/t13-/m0/s1. The Balaban J connectivity index is 1.57. The van der Waals surface area contributed by atoms with Crippen molar-refractivity contribution in [3.05, 3.63) is 59.9 Å². The predicted molar refractivity (Wildman–Crippen MR) is 101 cm³/mol. The molecule has 0 bridgehead atoms. The van der Waals surface area contributed by atoms with Crippen LogP contribution >= 0.6 is 0 Å². The fourth-order valence-electron chi connectivity index (χ4n) is 2.76. The highest BCUT2D eigenvalue weighted by Crippen LogP contribution is 2.17. The molecule has 0 aliphatic rings. The summed E-state index contributed by atoms with van der Waals surface area (Å²) in [5.41, 5.74) is 2.71. The van der Waals surface area contributed by atoms with Crippen LogP contribution in [0.5, 0.6) is 0 Å². The highest BCUT2D eigenvalue weighted by atomic mass is 32.2. The summed E-state index contributed by atoms with van der Waals surface area (Å²) >= 11 is 0. The molecule has 3 rings (SSSR count). The number of imidazole rings is 1. The van der Waals surface area contributed by atoms with E-state index in [1.807, 2.05) is 31.2 Å². The van der Waals surface area contributed by atoms with Crippen LogP contribution in [-0.2, 0) is 21.1 Å². The van der Waals surface area contributed by atoms with Gasteiger partial charge >= 0.3 is 0 Å². The van der Waals surface area contributed by atoms with Crippen molar-refractivity contribution >= 4 is 26.8 Å². The zero-order valence-corrected chi connectivity index (χ0v) is 15.5. The number of aromatic nitrogens is 2. The van der Waals surface area contributed by atoms with Gasteiger partial charge in [-0.15, -0.1) is 0 Å². The van der Waals surface area contributed by atoms with Crippen molar-refractivity contribution in [2.24, 2.45) is 0 Å². The van der Waals surface area contributed by atoms with Gasteiger partial charge in [-0.3, -0.25) is 4.79 Å². The minimum atomic E-state index is -3.22. The van der Waals surface area contributed by atoms with Crippen LogP contribution in [0.3, 0.4) is 0 Å². The number of hydrogen-bond donors (Lipinski definition) is 2. The molecule has 0 saturated carbocycles.